The van der Waals surface area contributed by atoms with Crippen LogP contribution in [-0.2, 0) is 16.3 Å². The summed E-state index contributed by atoms with van der Waals surface area (Å²) in [5.41, 5.74) is 3.89. The highest BCUT2D eigenvalue weighted by atomic mass is 79.9. The van der Waals surface area contributed by atoms with Crippen LogP contribution in [0.25, 0.3) is 11.0 Å². The van der Waals surface area contributed by atoms with Gasteiger partial charge in [-0.1, -0.05) is 25.7 Å². The molecule has 2 aromatic heterocycles. The molecule has 1 saturated carbocycles. The number of pyridine rings is 1. The summed E-state index contributed by atoms with van der Waals surface area (Å²) in [6.45, 7) is 8.34. The molecular weight excluding hydrogens is 484 g/mol. The Morgan fingerprint density at radius 3 is 2.66 bits per heavy atom. The second kappa shape index (κ2) is 8.39. The van der Waals surface area contributed by atoms with E-state index in [9.17, 15) is 4.79 Å². The van der Waals surface area contributed by atoms with Crippen LogP contribution >= 0.6 is 15.9 Å². The van der Waals surface area contributed by atoms with Crippen LogP contribution in [0.5, 0.6) is 0 Å². The summed E-state index contributed by atoms with van der Waals surface area (Å²) in [4.78, 5) is 24.1. The van der Waals surface area contributed by atoms with Gasteiger partial charge in [0.05, 0.1) is 29.3 Å². The second-order valence-corrected chi connectivity index (χ2v) is 16.6. The van der Waals surface area contributed by atoms with Gasteiger partial charge in [-0.3, -0.25) is 4.79 Å². The largest absolute Gasteiger partial charge is 0.361 e. The number of carbonyl (C=O) groups excluding carboxylic acids is 1. The lowest BCUT2D eigenvalue weighted by atomic mass is 9.79. The first-order valence-corrected chi connectivity index (χ1v) is 15.8. The number of benzene rings is 1. The normalized spacial score (nSPS) is 21.2. The van der Waals surface area contributed by atoms with E-state index in [4.69, 9.17) is 4.74 Å². The Morgan fingerprint density at radius 1 is 1.16 bits per heavy atom. The van der Waals surface area contributed by atoms with Crippen molar-refractivity contribution < 1.29 is 9.53 Å². The van der Waals surface area contributed by atoms with E-state index >= 15 is 0 Å². The van der Waals surface area contributed by atoms with Crippen molar-refractivity contribution in [1.82, 2.24) is 14.5 Å². The molecule has 3 aromatic rings. The van der Waals surface area contributed by atoms with E-state index in [0.29, 0.717) is 12.6 Å². The van der Waals surface area contributed by atoms with Gasteiger partial charge < -0.3 is 14.2 Å². The van der Waals surface area contributed by atoms with Crippen LogP contribution in [0.3, 0.4) is 0 Å². The number of amides is 1. The van der Waals surface area contributed by atoms with Crippen LogP contribution in [0.4, 0.5) is 5.69 Å². The monoisotopic (exact) mass is 512 g/mol. The van der Waals surface area contributed by atoms with Gasteiger partial charge in [0.2, 0.25) is 5.91 Å². The topological polar surface area (TPSA) is 60.2 Å². The van der Waals surface area contributed by atoms with E-state index in [1.807, 2.05) is 46.3 Å². The molecule has 8 heteroatoms. The van der Waals surface area contributed by atoms with Gasteiger partial charge >= 0.3 is 0 Å². The molecule has 1 aromatic carbocycles. The number of imidazole rings is 1. The molecule has 1 unspecified atom stereocenters. The number of nitrogens with zero attached hydrogens (tertiary/aromatic N) is 4. The Labute approximate surface area is 198 Å². The summed E-state index contributed by atoms with van der Waals surface area (Å²) in [6.07, 6.45) is 6.00. The van der Waals surface area contributed by atoms with Gasteiger partial charge in [-0.2, -0.15) is 0 Å². The lowest BCUT2D eigenvalue weighted by Crippen LogP contribution is -2.56. The van der Waals surface area contributed by atoms with Gasteiger partial charge in [-0.25, -0.2) is 9.97 Å². The summed E-state index contributed by atoms with van der Waals surface area (Å²) in [5.74, 6) is 0.781. The minimum absolute atomic E-state index is 0.0417. The first kappa shape index (κ1) is 21.8. The Balaban J connectivity index is 1.36. The molecule has 5 rings (SSSR count). The third kappa shape index (κ3) is 4.28. The average molecular weight is 514 g/mol. The molecular formula is C24H29BrN4O2Si. The van der Waals surface area contributed by atoms with Crippen LogP contribution < -0.4 is 4.90 Å². The highest BCUT2D eigenvalue weighted by Crippen LogP contribution is 2.54. The van der Waals surface area contributed by atoms with Crippen molar-refractivity contribution in [2.24, 2.45) is 11.8 Å². The smallest absolute Gasteiger partial charge is 0.233 e. The second-order valence-electron chi connectivity index (χ2n) is 10.2. The summed E-state index contributed by atoms with van der Waals surface area (Å²) in [5, 5.41) is 0. The van der Waals surface area contributed by atoms with Crippen LogP contribution in [0.15, 0.2) is 47.5 Å². The predicted molar refractivity (Wildman–Crippen MR) is 132 cm³/mol. The molecule has 1 aliphatic heterocycles. The molecule has 3 heterocycles. The number of halogens is 1. The third-order valence-corrected chi connectivity index (χ3v) is 8.65. The summed E-state index contributed by atoms with van der Waals surface area (Å²) in [6, 6.07) is 11.3. The molecule has 6 nitrogen and oxygen atoms in total. The molecule has 168 valence electrons. The SMILES string of the molecule is C[Si](C)(C)CCOCn1cnc2cc(N3C(=O)[C@H](C4CC4)C3c3ccc(Br)nc3)ccc21. The minimum atomic E-state index is -1.10. The van der Waals surface area contributed by atoms with Gasteiger partial charge in [0.25, 0.3) is 0 Å². The van der Waals surface area contributed by atoms with Gasteiger partial charge in [0.1, 0.15) is 11.3 Å². The van der Waals surface area contributed by atoms with E-state index in [1.54, 1.807) is 0 Å². The molecule has 1 amide bonds. The number of rotatable bonds is 8. The van der Waals surface area contributed by atoms with Crippen molar-refractivity contribution in [2.45, 2.75) is 51.3 Å². The summed E-state index contributed by atoms with van der Waals surface area (Å²) >= 11 is 3.41. The number of anilines is 1. The Hall–Kier alpha value is -2.03. The quantitative estimate of drug-likeness (QED) is 0.170. The maximum Gasteiger partial charge on any atom is 0.233 e. The van der Waals surface area contributed by atoms with Gasteiger partial charge in [0.15, 0.2) is 0 Å². The number of hydrogen-bond donors (Lipinski definition) is 0. The number of hydrogen-bond acceptors (Lipinski definition) is 4. The lowest BCUT2D eigenvalue weighted by Gasteiger charge is -2.47. The maximum atomic E-state index is 13.1. The summed E-state index contributed by atoms with van der Waals surface area (Å²) < 4.78 is 8.74. The predicted octanol–water partition coefficient (Wildman–Crippen LogP) is 5.62. The molecule has 0 bridgehead atoms. The number of fused-ring (bicyclic) bond motifs is 1. The standard InChI is InChI=1S/C24H29BrN4O2Si/c1-32(2,3)11-10-31-15-28-14-27-19-12-18(7-8-20(19)28)29-23(17-6-9-21(25)26-13-17)22(24(29)30)16-4-5-16/h6-9,12-14,16,22-23H,4-5,10-11,15H2,1-3H3/t22-,23?/m1/s1. The molecule has 0 N–H and O–H groups in total. The highest BCUT2D eigenvalue weighted by molar-refractivity contribution is 9.10. The van der Waals surface area contributed by atoms with Crippen molar-refractivity contribution in [1.29, 1.82) is 0 Å². The minimum Gasteiger partial charge on any atom is -0.361 e. The van der Waals surface area contributed by atoms with E-state index in [0.717, 1.165) is 52.4 Å². The lowest BCUT2D eigenvalue weighted by molar-refractivity contribution is -0.131. The van der Waals surface area contributed by atoms with Crippen molar-refractivity contribution >= 4 is 46.6 Å². The van der Waals surface area contributed by atoms with Gasteiger partial charge in [-0.05, 0) is 70.6 Å². The number of carbonyl (C=O) groups is 1. The van der Waals surface area contributed by atoms with E-state index in [-0.39, 0.29) is 17.9 Å². The van der Waals surface area contributed by atoms with Crippen molar-refractivity contribution in [3.8, 4) is 0 Å². The Bertz CT molecular complexity index is 1140. The number of aromatic nitrogens is 3. The van der Waals surface area contributed by atoms with E-state index < -0.39 is 8.07 Å². The molecule has 1 saturated heterocycles. The zero-order valence-corrected chi connectivity index (χ0v) is 21.4. The van der Waals surface area contributed by atoms with Crippen molar-refractivity contribution in [2.75, 3.05) is 11.5 Å². The molecule has 0 spiro atoms. The van der Waals surface area contributed by atoms with E-state index in [1.165, 1.54) is 0 Å². The maximum absolute atomic E-state index is 13.1. The molecule has 2 atom stereocenters. The fourth-order valence-electron chi connectivity index (χ4n) is 4.48. The van der Waals surface area contributed by atoms with Crippen LogP contribution in [0.2, 0.25) is 25.7 Å². The average Bonchev–Trinajstić information content (AvgIpc) is 3.48. The zero-order valence-electron chi connectivity index (χ0n) is 18.8. The van der Waals surface area contributed by atoms with Gasteiger partial charge in [0, 0.05) is 26.6 Å². The molecule has 32 heavy (non-hydrogen) atoms. The fourth-order valence-corrected chi connectivity index (χ4v) is 5.47. The van der Waals surface area contributed by atoms with Gasteiger partial charge in [-0.15, -0.1) is 0 Å². The van der Waals surface area contributed by atoms with Crippen molar-refractivity contribution in [3.05, 3.63) is 53.0 Å². The van der Waals surface area contributed by atoms with Crippen molar-refractivity contribution in [3.63, 3.8) is 0 Å². The Morgan fingerprint density at radius 2 is 1.97 bits per heavy atom. The first-order chi connectivity index (χ1) is 15.3. The fraction of sp³-hybridized carbons (Fsp3) is 0.458. The summed E-state index contributed by atoms with van der Waals surface area (Å²) in [7, 11) is -1.10. The zero-order chi connectivity index (χ0) is 22.5. The molecule has 1 aliphatic carbocycles. The molecule has 2 aliphatic rings. The third-order valence-electron chi connectivity index (χ3n) is 6.47. The van der Waals surface area contributed by atoms with E-state index in [2.05, 4.69) is 51.6 Å². The molecule has 2 fully saturated rings. The number of β-lactam (4-membered cyclic amide) rings is 1. The van der Waals surface area contributed by atoms with Crippen LogP contribution in [0.1, 0.15) is 24.4 Å². The number of ether oxygens (including phenoxy) is 1. The highest BCUT2D eigenvalue weighted by Gasteiger charge is 2.55. The van der Waals surface area contributed by atoms with Crippen LogP contribution in [-0.4, -0.2) is 35.1 Å². The Kier molecular flexibility index (Phi) is 5.71. The molecule has 0 radical (unpaired) electrons. The van der Waals surface area contributed by atoms with Crippen LogP contribution in [0, 0.1) is 11.8 Å². The first-order valence-electron chi connectivity index (χ1n) is 11.3.